The van der Waals surface area contributed by atoms with Gasteiger partial charge >= 0.3 is 0 Å². The lowest BCUT2D eigenvalue weighted by Gasteiger charge is -2.18. The number of halogens is 2. The number of Topliss-reactive ketones (excluding diaryl/α,β-unsaturated/α-hetero) is 1. The number of nitrogens with zero attached hydrogens (tertiary/aromatic N) is 4. The molecule has 2 aliphatic carbocycles. The molecule has 1 amide bonds. The standard InChI is InChI=1S/C26H23ClFN5O4/c1-14(34)12-37-22-9-21(33(3)31-22)26(36)10-16-6-15(7-17(16)11-26)23-24(32(2)13-29-23)25(35)30-18-4-5-20(28)19(27)8-18/h4-6,8-11,13,36H,7,12H2,1-3H3,(H,30,35)/t26-/m1/s1. The Morgan fingerprint density at radius 1 is 1.24 bits per heavy atom. The Kier molecular flexibility index (Phi) is 6.09. The lowest BCUT2D eigenvalue weighted by atomic mass is 9.99. The smallest absolute Gasteiger partial charge is 0.274 e. The van der Waals surface area contributed by atoms with Crippen LogP contribution in [0, 0.1) is 5.82 Å². The largest absolute Gasteiger partial charge is 0.469 e. The fourth-order valence-corrected chi connectivity index (χ4v) is 4.69. The van der Waals surface area contributed by atoms with Gasteiger partial charge in [-0.1, -0.05) is 11.6 Å². The molecule has 2 N–H and O–H groups in total. The maximum Gasteiger partial charge on any atom is 0.274 e. The van der Waals surface area contributed by atoms with Crippen molar-refractivity contribution in [2.75, 3.05) is 11.9 Å². The van der Waals surface area contributed by atoms with Gasteiger partial charge in [0.15, 0.2) is 5.78 Å². The summed E-state index contributed by atoms with van der Waals surface area (Å²) < 4.78 is 22.0. The van der Waals surface area contributed by atoms with Gasteiger partial charge in [0.1, 0.15) is 23.7 Å². The quantitative estimate of drug-likeness (QED) is 0.488. The number of imidazole rings is 1. The third-order valence-corrected chi connectivity index (χ3v) is 6.47. The van der Waals surface area contributed by atoms with Crippen LogP contribution in [0.3, 0.4) is 0 Å². The van der Waals surface area contributed by atoms with Crippen LogP contribution < -0.4 is 10.1 Å². The molecule has 1 atom stereocenters. The molecule has 2 aliphatic rings. The van der Waals surface area contributed by atoms with E-state index in [4.69, 9.17) is 16.3 Å². The minimum absolute atomic E-state index is 0.0910. The predicted octanol–water partition coefficient (Wildman–Crippen LogP) is 3.71. The number of hydrogen-bond acceptors (Lipinski definition) is 6. The third-order valence-electron chi connectivity index (χ3n) is 6.18. The minimum atomic E-state index is -1.40. The molecule has 190 valence electrons. The van der Waals surface area contributed by atoms with Gasteiger partial charge in [-0.25, -0.2) is 9.37 Å². The number of allylic oxidation sites excluding steroid dienone is 4. The number of carbonyl (C=O) groups is 2. The number of nitrogens with one attached hydrogen (secondary N) is 1. The summed E-state index contributed by atoms with van der Waals surface area (Å²) in [6.07, 6.45) is 7.35. The SMILES string of the molecule is CC(=O)COc1cc([C@@]2(O)C=C3C=C(c4ncn(C)c4C(=O)Nc4ccc(F)c(Cl)c4)CC3=C2)n(C)n1. The van der Waals surface area contributed by atoms with Crippen molar-refractivity contribution in [3.63, 3.8) is 0 Å². The minimum Gasteiger partial charge on any atom is -0.469 e. The molecule has 0 saturated carbocycles. The second kappa shape index (κ2) is 9.13. The fourth-order valence-electron chi connectivity index (χ4n) is 4.51. The lowest BCUT2D eigenvalue weighted by Crippen LogP contribution is -2.22. The van der Waals surface area contributed by atoms with Crippen molar-refractivity contribution in [1.82, 2.24) is 19.3 Å². The van der Waals surface area contributed by atoms with Crippen LogP contribution in [0.15, 0.2) is 60.0 Å². The molecule has 0 unspecified atom stereocenters. The Hall–Kier alpha value is -4.02. The van der Waals surface area contributed by atoms with Crippen molar-refractivity contribution in [2.24, 2.45) is 14.1 Å². The summed E-state index contributed by atoms with van der Waals surface area (Å²) in [6.45, 7) is 1.32. The number of rotatable bonds is 7. The third kappa shape index (κ3) is 4.61. The van der Waals surface area contributed by atoms with E-state index in [-0.39, 0.29) is 23.3 Å². The highest BCUT2D eigenvalue weighted by Gasteiger charge is 2.37. The van der Waals surface area contributed by atoms with E-state index >= 15 is 0 Å². The molecule has 0 bridgehead atoms. The fraction of sp³-hybridized carbons (Fsp3) is 0.231. The first-order valence-corrected chi connectivity index (χ1v) is 11.7. The van der Waals surface area contributed by atoms with Crippen LogP contribution in [-0.4, -0.2) is 42.7 Å². The average Bonchev–Trinajstić information content (AvgIpc) is 3.56. The van der Waals surface area contributed by atoms with Gasteiger partial charge in [-0.3, -0.25) is 14.3 Å². The molecule has 0 radical (unpaired) electrons. The molecule has 2 heterocycles. The Morgan fingerprint density at radius 3 is 2.73 bits per heavy atom. The maximum absolute atomic E-state index is 13.5. The molecule has 0 fully saturated rings. The summed E-state index contributed by atoms with van der Waals surface area (Å²) in [4.78, 5) is 28.7. The maximum atomic E-state index is 13.5. The average molecular weight is 524 g/mol. The Bertz CT molecular complexity index is 1550. The molecular weight excluding hydrogens is 501 g/mol. The van der Waals surface area contributed by atoms with E-state index in [2.05, 4.69) is 15.4 Å². The Morgan fingerprint density at radius 2 is 2.03 bits per heavy atom. The van der Waals surface area contributed by atoms with Gasteiger partial charge in [0.25, 0.3) is 5.91 Å². The molecule has 2 aromatic heterocycles. The van der Waals surface area contributed by atoms with Crippen LogP contribution in [0.2, 0.25) is 5.02 Å². The van der Waals surface area contributed by atoms with Gasteiger partial charge in [0, 0.05) is 32.3 Å². The molecule has 0 aliphatic heterocycles. The molecule has 3 aromatic rings. The number of amides is 1. The first kappa shape index (κ1) is 24.7. The van der Waals surface area contributed by atoms with Crippen LogP contribution >= 0.6 is 11.6 Å². The number of ether oxygens (including phenoxy) is 1. The van der Waals surface area contributed by atoms with E-state index in [9.17, 15) is 19.1 Å². The number of benzene rings is 1. The highest BCUT2D eigenvalue weighted by molar-refractivity contribution is 6.31. The van der Waals surface area contributed by atoms with E-state index in [1.165, 1.54) is 29.8 Å². The zero-order chi connectivity index (χ0) is 26.5. The molecule has 9 nitrogen and oxygen atoms in total. The van der Waals surface area contributed by atoms with Crippen molar-refractivity contribution in [3.8, 4) is 5.88 Å². The van der Waals surface area contributed by atoms with Crippen molar-refractivity contribution < 1.29 is 23.8 Å². The summed E-state index contributed by atoms with van der Waals surface area (Å²) in [7, 11) is 3.40. The Labute approximate surface area is 216 Å². The molecule has 5 rings (SSSR count). The highest BCUT2D eigenvalue weighted by atomic mass is 35.5. The molecule has 11 heteroatoms. The van der Waals surface area contributed by atoms with Crippen LogP contribution in [0.1, 0.15) is 35.2 Å². The number of aryl methyl sites for hydroxylation is 2. The zero-order valence-electron chi connectivity index (χ0n) is 20.2. The normalized spacial score (nSPS) is 18.3. The van der Waals surface area contributed by atoms with Gasteiger partial charge in [0.05, 0.1) is 22.7 Å². The van der Waals surface area contributed by atoms with Gasteiger partial charge in [-0.15, -0.1) is 5.10 Å². The van der Waals surface area contributed by atoms with Crippen LogP contribution in [-0.2, 0) is 24.5 Å². The predicted molar refractivity (Wildman–Crippen MR) is 135 cm³/mol. The van der Waals surface area contributed by atoms with E-state index in [0.29, 0.717) is 29.2 Å². The second-order valence-electron chi connectivity index (χ2n) is 9.06. The summed E-state index contributed by atoms with van der Waals surface area (Å²) >= 11 is 5.84. The molecule has 37 heavy (non-hydrogen) atoms. The number of anilines is 1. The summed E-state index contributed by atoms with van der Waals surface area (Å²) in [5.41, 5.74) is 2.80. The van der Waals surface area contributed by atoms with Gasteiger partial charge in [-0.05, 0) is 60.1 Å². The summed E-state index contributed by atoms with van der Waals surface area (Å²) in [5, 5.41) is 18.2. The van der Waals surface area contributed by atoms with Gasteiger partial charge < -0.3 is 19.7 Å². The number of ketones is 1. The van der Waals surface area contributed by atoms with E-state index in [1.807, 2.05) is 6.08 Å². The van der Waals surface area contributed by atoms with E-state index in [1.54, 1.807) is 43.2 Å². The van der Waals surface area contributed by atoms with Crippen molar-refractivity contribution in [1.29, 1.82) is 0 Å². The van der Waals surface area contributed by atoms with E-state index in [0.717, 1.165) is 16.7 Å². The Balaban J connectivity index is 1.40. The van der Waals surface area contributed by atoms with Crippen LogP contribution in [0.5, 0.6) is 5.88 Å². The molecule has 0 spiro atoms. The highest BCUT2D eigenvalue weighted by Crippen LogP contribution is 2.45. The first-order chi connectivity index (χ1) is 17.5. The molecule has 0 saturated heterocycles. The second-order valence-corrected chi connectivity index (χ2v) is 9.47. The number of aromatic nitrogens is 4. The number of hydrogen-bond donors (Lipinski definition) is 2. The van der Waals surface area contributed by atoms with Crippen LogP contribution in [0.25, 0.3) is 5.57 Å². The molecular formula is C26H23ClFN5O4. The van der Waals surface area contributed by atoms with Crippen molar-refractivity contribution >= 4 is 34.6 Å². The first-order valence-electron chi connectivity index (χ1n) is 11.4. The lowest BCUT2D eigenvalue weighted by molar-refractivity contribution is -0.119. The topological polar surface area (TPSA) is 111 Å². The van der Waals surface area contributed by atoms with Crippen molar-refractivity contribution in [2.45, 2.75) is 18.9 Å². The van der Waals surface area contributed by atoms with Gasteiger partial charge in [-0.2, -0.15) is 0 Å². The molecule has 1 aromatic carbocycles. The summed E-state index contributed by atoms with van der Waals surface area (Å²) in [5.74, 6) is -0.871. The monoisotopic (exact) mass is 523 g/mol. The van der Waals surface area contributed by atoms with Crippen LogP contribution in [0.4, 0.5) is 10.1 Å². The zero-order valence-corrected chi connectivity index (χ0v) is 21.0. The number of aliphatic hydroxyl groups is 1. The van der Waals surface area contributed by atoms with E-state index < -0.39 is 17.3 Å². The van der Waals surface area contributed by atoms with Gasteiger partial charge in [0.2, 0.25) is 5.88 Å². The number of carbonyl (C=O) groups excluding carboxylic acids is 2. The summed E-state index contributed by atoms with van der Waals surface area (Å²) in [6, 6.07) is 5.56. The van der Waals surface area contributed by atoms with Crippen molar-refractivity contribution in [3.05, 3.63) is 87.9 Å². The number of fused-ring (bicyclic) bond motifs is 1.